The quantitative estimate of drug-likeness (QED) is 0.407. The van der Waals surface area contributed by atoms with Crippen LogP contribution in [0.25, 0.3) is 0 Å². The highest BCUT2D eigenvalue weighted by molar-refractivity contribution is 7.88. The first-order valence-electron chi connectivity index (χ1n) is 9.34. The van der Waals surface area contributed by atoms with Gasteiger partial charge in [-0.15, -0.1) is 0 Å². The molecule has 29 heavy (non-hydrogen) atoms. The van der Waals surface area contributed by atoms with Crippen LogP contribution in [0.1, 0.15) is 38.8 Å². The van der Waals surface area contributed by atoms with Crippen LogP contribution < -0.4 is 0 Å². The summed E-state index contributed by atoms with van der Waals surface area (Å²) in [6.45, 7) is 7.41. The van der Waals surface area contributed by atoms with E-state index in [0.29, 0.717) is 6.42 Å². The first kappa shape index (κ1) is 23.6. The summed E-state index contributed by atoms with van der Waals surface area (Å²) in [7, 11) is -8.64. The molecule has 0 aliphatic carbocycles. The highest BCUT2D eigenvalue weighted by atomic mass is 32.2. The smallest absolute Gasteiger partial charge is 0.311 e. The van der Waals surface area contributed by atoms with Crippen LogP contribution in [0, 0.1) is 5.41 Å². The van der Waals surface area contributed by atoms with Crippen molar-refractivity contribution in [1.29, 1.82) is 0 Å². The highest BCUT2D eigenvalue weighted by Gasteiger charge is 2.51. The van der Waals surface area contributed by atoms with Crippen molar-refractivity contribution in [3.8, 4) is 0 Å². The number of hydrogen-bond acceptors (Lipinski definition) is 3. The molecule has 160 valence electrons. The molecule has 0 bridgehead atoms. The Morgan fingerprint density at radius 1 is 0.862 bits per heavy atom. The van der Waals surface area contributed by atoms with E-state index in [0.717, 1.165) is 11.1 Å². The molecule has 1 atom stereocenters. The van der Waals surface area contributed by atoms with Crippen molar-refractivity contribution in [3.05, 3.63) is 71.8 Å². The van der Waals surface area contributed by atoms with Gasteiger partial charge < -0.3 is 3.87 Å². The van der Waals surface area contributed by atoms with Crippen molar-refractivity contribution in [3.63, 3.8) is 0 Å². The fourth-order valence-corrected chi connectivity index (χ4v) is 8.51. The lowest BCUT2D eigenvalue weighted by Gasteiger charge is -2.37. The Morgan fingerprint density at radius 2 is 1.34 bits per heavy atom. The fourth-order valence-electron chi connectivity index (χ4n) is 3.39. The van der Waals surface area contributed by atoms with Crippen LogP contribution in [-0.2, 0) is 25.4 Å². The largest absolute Gasteiger partial charge is 0.522 e. The third-order valence-corrected chi connectivity index (χ3v) is 11.0. The van der Waals surface area contributed by atoms with E-state index in [1.807, 2.05) is 50.2 Å². The summed E-state index contributed by atoms with van der Waals surface area (Å²) in [6.07, 6.45) is 0.609. The van der Waals surface area contributed by atoms with Gasteiger partial charge in [0.15, 0.2) is 0 Å². The van der Waals surface area contributed by atoms with Crippen LogP contribution in [-0.4, -0.2) is 23.0 Å². The van der Waals surface area contributed by atoms with Crippen LogP contribution in [0.15, 0.2) is 60.7 Å². The molecule has 0 aliphatic rings. The van der Waals surface area contributed by atoms with E-state index in [-0.39, 0.29) is 6.04 Å². The lowest BCUT2D eigenvalue weighted by atomic mass is 9.88. The Morgan fingerprint density at radius 3 is 1.83 bits per heavy atom. The van der Waals surface area contributed by atoms with E-state index < -0.39 is 35.1 Å². The third-order valence-electron chi connectivity index (χ3n) is 5.11. The van der Waals surface area contributed by atoms with E-state index in [4.69, 9.17) is 3.87 Å². The van der Waals surface area contributed by atoms with Gasteiger partial charge in [0.05, 0.1) is 0 Å². The van der Waals surface area contributed by atoms with Crippen molar-refractivity contribution < 1.29 is 25.5 Å². The second-order valence-corrected chi connectivity index (χ2v) is 13.6. The zero-order valence-corrected chi connectivity index (χ0v) is 19.0. The molecule has 0 radical (unpaired) electrons. The molecule has 0 saturated carbocycles. The summed E-state index contributed by atoms with van der Waals surface area (Å²) in [5, 5.41) is -0.826. The van der Waals surface area contributed by atoms with Crippen molar-refractivity contribution in [2.45, 2.75) is 50.7 Å². The van der Waals surface area contributed by atoms with Crippen LogP contribution in [0.3, 0.4) is 0 Å². The molecule has 2 aromatic rings. The Labute approximate surface area is 172 Å². The first-order valence-corrected chi connectivity index (χ1v) is 12.6. The summed E-state index contributed by atoms with van der Waals surface area (Å²) in [5.74, 6) is 0. The van der Waals surface area contributed by atoms with Crippen molar-refractivity contribution in [2.24, 2.45) is 5.41 Å². The standard InChI is InChI=1S/C21H27F3O3SSi/c1-19(2,15-17-11-7-5-8-12-17)16-29(27-28(25,26)21(22,23)24)20(3,4)18-13-9-6-10-14-18/h5-14,29H,15-16H2,1-4H3. The summed E-state index contributed by atoms with van der Waals surface area (Å²) in [4.78, 5) is 0. The van der Waals surface area contributed by atoms with Gasteiger partial charge in [0.2, 0.25) is 9.04 Å². The average Bonchev–Trinajstić information content (AvgIpc) is 2.61. The zero-order chi connectivity index (χ0) is 21.9. The number of halogens is 3. The van der Waals surface area contributed by atoms with E-state index in [1.54, 1.807) is 38.1 Å². The van der Waals surface area contributed by atoms with Crippen molar-refractivity contribution in [2.75, 3.05) is 0 Å². The van der Waals surface area contributed by atoms with Crippen molar-refractivity contribution in [1.82, 2.24) is 0 Å². The van der Waals surface area contributed by atoms with E-state index >= 15 is 0 Å². The SMILES string of the molecule is CC(C)(Cc1ccccc1)C[SiH](OS(=O)(=O)C(F)(F)F)C(C)(C)c1ccccc1. The van der Waals surface area contributed by atoms with Crippen LogP contribution in [0.4, 0.5) is 13.2 Å². The molecule has 0 N–H and O–H groups in total. The predicted molar refractivity (Wildman–Crippen MR) is 111 cm³/mol. The summed E-state index contributed by atoms with van der Waals surface area (Å²) in [6, 6.07) is 18.8. The third kappa shape index (κ3) is 6.17. The minimum atomic E-state index is -5.67. The molecule has 0 spiro atoms. The molecule has 0 aromatic heterocycles. The van der Waals surface area contributed by atoms with Crippen LogP contribution in [0.5, 0.6) is 0 Å². The first-order chi connectivity index (χ1) is 13.2. The van der Waals surface area contributed by atoms with Gasteiger partial charge in [0.1, 0.15) is 0 Å². The Balaban J connectivity index is 2.39. The normalized spacial score (nSPS) is 14.6. The molecule has 0 saturated heterocycles. The number of alkyl halides is 3. The van der Waals surface area contributed by atoms with E-state index in [9.17, 15) is 21.6 Å². The molecule has 2 aromatic carbocycles. The monoisotopic (exact) mass is 444 g/mol. The summed E-state index contributed by atoms with van der Waals surface area (Å²) < 4.78 is 67.9. The fraction of sp³-hybridized carbons (Fsp3) is 0.429. The molecule has 0 heterocycles. The van der Waals surface area contributed by atoms with Gasteiger partial charge in [-0.2, -0.15) is 21.6 Å². The Bertz CT molecular complexity index is 896. The highest BCUT2D eigenvalue weighted by Crippen LogP contribution is 2.39. The maximum Gasteiger partial charge on any atom is 0.522 e. The predicted octanol–water partition coefficient (Wildman–Crippen LogP) is 5.36. The second-order valence-electron chi connectivity index (χ2n) is 8.60. The van der Waals surface area contributed by atoms with Gasteiger partial charge in [0.25, 0.3) is 0 Å². The molecule has 0 amide bonds. The second kappa shape index (κ2) is 8.61. The van der Waals surface area contributed by atoms with Gasteiger partial charge in [-0.05, 0) is 29.0 Å². The molecule has 2 rings (SSSR count). The lowest BCUT2D eigenvalue weighted by molar-refractivity contribution is -0.0503. The maximum absolute atomic E-state index is 13.1. The molecular weight excluding hydrogens is 417 g/mol. The zero-order valence-electron chi connectivity index (χ0n) is 17.0. The molecule has 8 heteroatoms. The van der Waals surface area contributed by atoms with Gasteiger partial charge in [-0.3, -0.25) is 0 Å². The molecule has 0 fully saturated rings. The van der Waals surface area contributed by atoms with Gasteiger partial charge in [-0.1, -0.05) is 88.4 Å². The molecule has 1 unspecified atom stereocenters. The van der Waals surface area contributed by atoms with Gasteiger partial charge in [-0.25, -0.2) is 0 Å². The maximum atomic E-state index is 13.1. The number of hydrogen-bond donors (Lipinski definition) is 0. The van der Waals surface area contributed by atoms with Crippen LogP contribution in [0.2, 0.25) is 6.04 Å². The van der Waals surface area contributed by atoms with Crippen LogP contribution >= 0.6 is 0 Å². The molecular formula is C21H27F3O3SSi. The summed E-state index contributed by atoms with van der Waals surface area (Å²) in [5.41, 5.74) is -4.06. The van der Waals surface area contributed by atoms with Gasteiger partial charge >= 0.3 is 15.6 Å². The Hall–Kier alpha value is -1.64. The lowest BCUT2D eigenvalue weighted by Crippen LogP contribution is -2.47. The minimum absolute atomic E-state index is 0.263. The van der Waals surface area contributed by atoms with Gasteiger partial charge in [0, 0.05) is 5.04 Å². The molecule has 0 aliphatic heterocycles. The topological polar surface area (TPSA) is 43.4 Å². The summed E-state index contributed by atoms with van der Waals surface area (Å²) >= 11 is 0. The van der Waals surface area contributed by atoms with E-state index in [1.165, 1.54) is 0 Å². The molecule has 3 nitrogen and oxygen atoms in total. The van der Waals surface area contributed by atoms with E-state index in [2.05, 4.69) is 0 Å². The number of benzene rings is 2. The Kier molecular flexibility index (Phi) is 7.02. The average molecular weight is 445 g/mol. The van der Waals surface area contributed by atoms with Crippen molar-refractivity contribution >= 4 is 19.2 Å². The minimum Gasteiger partial charge on any atom is -0.311 e. The number of rotatable bonds is 8.